The van der Waals surface area contributed by atoms with Gasteiger partial charge in [0, 0.05) is 30.1 Å². The Balaban J connectivity index is 1.68. The number of ether oxygens (including phenoxy) is 1. The second-order valence-electron chi connectivity index (χ2n) is 12.3. The standard InChI is InChI=1S/C28H42O6/c1-17-12-22-27(32,24(17)31)15-20(16-29)13-21-25(3,4)26(5,14-18(2)28(21,22)33)34-23(30)11-10-19-8-6-7-9-19/h12-13,18-19,21-22,29,32-33H,6-11,14-16H2,1-5H3/t18-,21+,22-,26-,27-,28-/m1/s1. The number of aliphatic hydroxyl groups is 3. The van der Waals surface area contributed by atoms with Crippen LogP contribution >= 0.6 is 0 Å². The summed E-state index contributed by atoms with van der Waals surface area (Å²) in [5.74, 6) is -1.68. The molecule has 0 unspecified atom stereocenters. The lowest BCUT2D eigenvalue weighted by Gasteiger charge is -2.61. The van der Waals surface area contributed by atoms with Crippen molar-refractivity contribution in [1.82, 2.24) is 0 Å². The van der Waals surface area contributed by atoms with Crippen molar-refractivity contribution in [3.8, 4) is 0 Å². The van der Waals surface area contributed by atoms with E-state index in [0.29, 0.717) is 29.9 Å². The van der Waals surface area contributed by atoms with Crippen LogP contribution in [0, 0.1) is 29.1 Å². The van der Waals surface area contributed by atoms with Gasteiger partial charge in [-0.1, -0.05) is 58.6 Å². The fourth-order valence-electron chi connectivity index (χ4n) is 7.56. The molecule has 0 heterocycles. The predicted octanol–water partition coefficient (Wildman–Crippen LogP) is 3.87. The van der Waals surface area contributed by atoms with Crippen molar-refractivity contribution in [3.05, 3.63) is 23.3 Å². The van der Waals surface area contributed by atoms with Gasteiger partial charge in [-0.2, -0.15) is 0 Å². The molecule has 34 heavy (non-hydrogen) atoms. The molecule has 4 rings (SSSR count). The number of aliphatic hydroxyl groups excluding tert-OH is 1. The van der Waals surface area contributed by atoms with Crippen LogP contribution < -0.4 is 0 Å². The molecule has 0 spiro atoms. The van der Waals surface area contributed by atoms with E-state index in [2.05, 4.69) is 0 Å². The Morgan fingerprint density at radius 1 is 1.12 bits per heavy atom. The number of fused-ring (bicyclic) bond motifs is 3. The van der Waals surface area contributed by atoms with E-state index in [9.17, 15) is 24.9 Å². The molecular weight excluding hydrogens is 432 g/mol. The van der Waals surface area contributed by atoms with Gasteiger partial charge in [-0.25, -0.2) is 0 Å². The van der Waals surface area contributed by atoms with Crippen LogP contribution in [0.5, 0.6) is 0 Å². The first-order valence-electron chi connectivity index (χ1n) is 13.0. The highest BCUT2D eigenvalue weighted by Gasteiger charge is 2.69. The number of Topliss-reactive ketones (excluding diaryl/α,β-unsaturated/α-hetero) is 1. The highest BCUT2D eigenvalue weighted by Crippen LogP contribution is 2.63. The topological polar surface area (TPSA) is 104 Å². The highest BCUT2D eigenvalue weighted by molar-refractivity contribution is 6.04. The third-order valence-corrected chi connectivity index (χ3v) is 9.98. The van der Waals surface area contributed by atoms with Crippen molar-refractivity contribution in [3.63, 3.8) is 0 Å². The SMILES string of the molecule is CC1=C[C@H]2[C@@]3(O)[C@H](C)C[C@@](C)(OC(=O)CCC4CCCC4)C(C)(C)[C@@H]3C=C(CO)C[C@]2(O)C1=O. The van der Waals surface area contributed by atoms with Crippen LogP contribution in [0.3, 0.4) is 0 Å². The van der Waals surface area contributed by atoms with Crippen molar-refractivity contribution in [2.75, 3.05) is 6.61 Å². The third kappa shape index (κ3) is 3.72. The summed E-state index contributed by atoms with van der Waals surface area (Å²) in [4.78, 5) is 26.0. The van der Waals surface area contributed by atoms with Crippen LogP contribution in [0.2, 0.25) is 0 Å². The zero-order valence-corrected chi connectivity index (χ0v) is 21.4. The molecule has 6 nitrogen and oxygen atoms in total. The van der Waals surface area contributed by atoms with Crippen LogP contribution in [0.4, 0.5) is 0 Å². The quantitative estimate of drug-likeness (QED) is 0.413. The molecule has 0 radical (unpaired) electrons. The fourth-order valence-corrected chi connectivity index (χ4v) is 7.56. The summed E-state index contributed by atoms with van der Waals surface area (Å²) in [7, 11) is 0. The maximum absolute atomic E-state index is 13.0. The van der Waals surface area contributed by atoms with Gasteiger partial charge in [-0.15, -0.1) is 0 Å². The van der Waals surface area contributed by atoms with Crippen molar-refractivity contribution in [2.24, 2.45) is 29.1 Å². The molecule has 0 saturated heterocycles. The minimum Gasteiger partial charge on any atom is -0.459 e. The van der Waals surface area contributed by atoms with Crippen molar-refractivity contribution < 1.29 is 29.6 Å². The van der Waals surface area contributed by atoms with Gasteiger partial charge in [0.1, 0.15) is 11.2 Å². The Morgan fingerprint density at radius 3 is 2.38 bits per heavy atom. The van der Waals surface area contributed by atoms with Gasteiger partial charge in [0.2, 0.25) is 0 Å². The van der Waals surface area contributed by atoms with Crippen molar-refractivity contribution >= 4 is 11.8 Å². The first kappa shape index (κ1) is 25.6. The minimum absolute atomic E-state index is 0.0136. The lowest BCUT2D eigenvalue weighted by molar-refractivity contribution is -0.245. The van der Waals surface area contributed by atoms with Gasteiger partial charge in [0.15, 0.2) is 5.78 Å². The zero-order valence-electron chi connectivity index (χ0n) is 21.4. The summed E-state index contributed by atoms with van der Waals surface area (Å²) in [6.45, 7) is 9.20. The van der Waals surface area contributed by atoms with Gasteiger partial charge in [0.05, 0.1) is 12.2 Å². The molecule has 2 fully saturated rings. The summed E-state index contributed by atoms with van der Waals surface area (Å²) in [5, 5.41) is 34.0. The predicted molar refractivity (Wildman–Crippen MR) is 129 cm³/mol. The van der Waals surface area contributed by atoms with E-state index in [0.717, 1.165) is 6.42 Å². The summed E-state index contributed by atoms with van der Waals surface area (Å²) in [6, 6.07) is 0. The van der Waals surface area contributed by atoms with Gasteiger partial charge in [-0.3, -0.25) is 9.59 Å². The maximum Gasteiger partial charge on any atom is 0.306 e. The monoisotopic (exact) mass is 474 g/mol. The number of rotatable bonds is 5. The average molecular weight is 475 g/mol. The molecule has 6 atom stereocenters. The molecule has 6 heteroatoms. The van der Waals surface area contributed by atoms with Crippen molar-refractivity contribution in [1.29, 1.82) is 0 Å². The Morgan fingerprint density at radius 2 is 1.76 bits per heavy atom. The molecule has 4 aliphatic carbocycles. The van der Waals surface area contributed by atoms with Gasteiger partial charge < -0.3 is 20.1 Å². The highest BCUT2D eigenvalue weighted by atomic mass is 16.6. The maximum atomic E-state index is 13.0. The molecular formula is C28H42O6. The number of esters is 1. The molecule has 0 aromatic rings. The molecule has 2 saturated carbocycles. The van der Waals surface area contributed by atoms with Crippen LogP contribution in [-0.2, 0) is 14.3 Å². The van der Waals surface area contributed by atoms with E-state index >= 15 is 0 Å². The summed E-state index contributed by atoms with van der Waals surface area (Å²) >= 11 is 0. The lowest BCUT2D eigenvalue weighted by Crippen LogP contribution is -2.68. The molecule has 3 N–H and O–H groups in total. The zero-order chi connectivity index (χ0) is 25.1. The van der Waals surface area contributed by atoms with Gasteiger partial charge in [-0.05, 0) is 49.7 Å². The Kier molecular flexibility index (Phi) is 6.44. The molecule has 0 amide bonds. The molecule has 190 valence electrons. The summed E-state index contributed by atoms with van der Waals surface area (Å²) < 4.78 is 6.22. The first-order chi connectivity index (χ1) is 15.8. The van der Waals surface area contributed by atoms with E-state index in [-0.39, 0.29) is 30.7 Å². The summed E-state index contributed by atoms with van der Waals surface area (Å²) in [6.07, 6.45) is 10.1. The second-order valence-corrected chi connectivity index (χ2v) is 12.3. The van der Waals surface area contributed by atoms with Gasteiger partial charge >= 0.3 is 5.97 Å². The van der Waals surface area contributed by atoms with Crippen LogP contribution in [0.25, 0.3) is 0 Å². The smallest absolute Gasteiger partial charge is 0.306 e. The fraction of sp³-hybridized carbons (Fsp3) is 0.786. The van der Waals surface area contributed by atoms with E-state index in [1.807, 2.05) is 33.8 Å². The number of hydrogen-bond donors (Lipinski definition) is 3. The average Bonchev–Trinajstić information content (AvgIpc) is 3.34. The number of ketones is 1. The molecule has 0 aliphatic heterocycles. The van der Waals surface area contributed by atoms with Crippen LogP contribution in [0.1, 0.15) is 86.0 Å². The van der Waals surface area contributed by atoms with E-state index in [4.69, 9.17) is 4.74 Å². The van der Waals surface area contributed by atoms with E-state index in [1.54, 1.807) is 13.0 Å². The van der Waals surface area contributed by atoms with Gasteiger partial charge in [0.25, 0.3) is 0 Å². The Labute approximate surface area is 203 Å². The molecule has 0 bridgehead atoms. The molecule has 0 aromatic carbocycles. The summed E-state index contributed by atoms with van der Waals surface area (Å²) in [5.41, 5.74) is -3.80. The number of carbonyl (C=O) groups excluding carboxylic acids is 2. The first-order valence-corrected chi connectivity index (χ1v) is 13.0. The van der Waals surface area contributed by atoms with E-state index < -0.39 is 34.1 Å². The number of carbonyl (C=O) groups is 2. The molecule has 4 aliphatic rings. The lowest BCUT2D eigenvalue weighted by atomic mass is 9.48. The Hall–Kier alpha value is -1.50. The minimum atomic E-state index is -1.78. The van der Waals surface area contributed by atoms with Crippen LogP contribution in [-0.4, -0.2) is 50.5 Å². The molecule has 0 aromatic heterocycles. The normalized spacial score (nSPS) is 41.9. The third-order valence-electron chi connectivity index (χ3n) is 9.98. The second kappa shape index (κ2) is 8.56. The number of hydrogen-bond acceptors (Lipinski definition) is 6. The van der Waals surface area contributed by atoms with Crippen molar-refractivity contribution in [2.45, 2.75) is 103 Å². The van der Waals surface area contributed by atoms with Crippen LogP contribution in [0.15, 0.2) is 23.3 Å². The largest absolute Gasteiger partial charge is 0.459 e. The van der Waals surface area contributed by atoms with E-state index in [1.165, 1.54) is 25.7 Å². The Bertz CT molecular complexity index is 912.